The second kappa shape index (κ2) is 8.95. The van der Waals surface area contributed by atoms with Crippen molar-refractivity contribution < 1.29 is 4.39 Å². The molecule has 0 aliphatic carbocycles. The molecule has 0 radical (unpaired) electrons. The van der Waals surface area contributed by atoms with Crippen LogP contribution in [0.4, 0.5) is 4.39 Å². The van der Waals surface area contributed by atoms with Gasteiger partial charge in [-0.2, -0.15) is 5.10 Å². The van der Waals surface area contributed by atoms with E-state index >= 15 is 0 Å². The summed E-state index contributed by atoms with van der Waals surface area (Å²) in [6, 6.07) is 16.6. The minimum atomic E-state index is -0.203. The van der Waals surface area contributed by atoms with Crippen LogP contribution in [0.5, 0.6) is 0 Å². The Bertz CT molecular complexity index is 1410. The van der Waals surface area contributed by atoms with Gasteiger partial charge >= 0.3 is 0 Å². The number of hydrogen-bond donors (Lipinski definition) is 1. The summed E-state index contributed by atoms with van der Waals surface area (Å²) in [5.41, 5.74) is 6.15. The number of H-pyrrole nitrogens is 1. The summed E-state index contributed by atoms with van der Waals surface area (Å²) < 4.78 is 15.2. The Hall–Kier alpha value is -3.85. The minimum Gasteiger partial charge on any atom is -0.342 e. The van der Waals surface area contributed by atoms with E-state index in [1.54, 1.807) is 16.6 Å². The molecule has 164 valence electrons. The SMILES string of the molecule is BN(CCc1cccc(F)c1)Cc1nc(-c2cccc(C)n2)c(-c2ccc3ncnn3c2)[nH]1. The molecule has 0 unspecified atom stereocenters. The number of benzene rings is 1. The maximum absolute atomic E-state index is 13.5. The number of imidazole rings is 1. The summed E-state index contributed by atoms with van der Waals surface area (Å²) in [5.74, 6) is 0.634. The van der Waals surface area contributed by atoms with Gasteiger partial charge in [0.15, 0.2) is 13.6 Å². The normalized spacial score (nSPS) is 11.5. The zero-order chi connectivity index (χ0) is 22.8. The Balaban J connectivity index is 1.43. The van der Waals surface area contributed by atoms with Crippen molar-refractivity contribution in [2.75, 3.05) is 6.54 Å². The molecule has 5 rings (SSSR count). The second-order valence-electron chi connectivity index (χ2n) is 8.17. The van der Waals surface area contributed by atoms with Crippen LogP contribution in [0, 0.1) is 12.7 Å². The summed E-state index contributed by atoms with van der Waals surface area (Å²) in [6.07, 6.45) is 4.23. The number of hydrogen-bond acceptors (Lipinski definition) is 5. The number of rotatable bonds is 7. The van der Waals surface area contributed by atoms with E-state index in [4.69, 9.17) is 9.97 Å². The lowest BCUT2D eigenvalue weighted by atomic mass is 10.1. The van der Waals surface area contributed by atoms with Gasteiger partial charge in [0.2, 0.25) is 0 Å². The van der Waals surface area contributed by atoms with Crippen LogP contribution >= 0.6 is 0 Å². The van der Waals surface area contributed by atoms with E-state index in [-0.39, 0.29) is 5.82 Å². The molecule has 0 fully saturated rings. The average molecular weight is 439 g/mol. The van der Waals surface area contributed by atoms with Crippen LogP contribution in [0.25, 0.3) is 28.3 Å². The number of nitrogens with zero attached hydrogens (tertiary/aromatic N) is 6. The van der Waals surface area contributed by atoms with E-state index in [0.29, 0.717) is 6.54 Å². The van der Waals surface area contributed by atoms with Crippen molar-refractivity contribution in [2.45, 2.75) is 19.9 Å². The fourth-order valence-corrected chi connectivity index (χ4v) is 3.88. The molecule has 0 bridgehead atoms. The highest BCUT2D eigenvalue weighted by Crippen LogP contribution is 2.29. The zero-order valence-electron chi connectivity index (χ0n) is 18.5. The number of aryl methyl sites for hydroxylation is 1. The van der Waals surface area contributed by atoms with Crippen LogP contribution in [-0.4, -0.2) is 48.9 Å². The Morgan fingerprint density at radius 2 is 1.97 bits per heavy atom. The number of halogens is 1. The van der Waals surface area contributed by atoms with Gasteiger partial charge in [-0.3, -0.25) is 4.98 Å². The first-order valence-electron chi connectivity index (χ1n) is 10.8. The third kappa shape index (κ3) is 4.68. The highest BCUT2D eigenvalue weighted by molar-refractivity contribution is 6.04. The molecule has 0 aliphatic heterocycles. The van der Waals surface area contributed by atoms with Crippen molar-refractivity contribution in [1.29, 1.82) is 0 Å². The van der Waals surface area contributed by atoms with E-state index in [1.807, 2.05) is 57.5 Å². The molecule has 5 aromatic rings. The van der Waals surface area contributed by atoms with Crippen LogP contribution in [0.3, 0.4) is 0 Å². The quantitative estimate of drug-likeness (QED) is 0.394. The van der Waals surface area contributed by atoms with Crippen molar-refractivity contribution in [2.24, 2.45) is 0 Å². The molecule has 0 aliphatic rings. The van der Waals surface area contributed by atoms with Gasteiger partial charge < -0.3 is 9.79 Å². The van der Waals surface area contributed by atoms with Gasteiger partial charge in [-0.25, -0.2) is 18.9 Å². The molecule has 0 saturated carbocycles. The Kier molecular flexibility index (Phi) is 5.70. The third-order valence-corrected chi connectivity index (χ3v) is 5.54. The number of nitrogens with one attached hydrogen (secondary N) is 1. The monoisotopic (exact) mass is 439 g/mol. The molecule has 4 heterocycles. The predicted molar refractivity (Wildman–Crippen MR) is 128 cm³/mol. The van der Waals surface area contributed by atoms with Gasteiger partial charge in [0.1, 0.15) is 23.7 Å². The maximum Gasteiger partial charge on any atom is 0.186 e. The first kappa shape index (κ1) is 21.0. The molecule has 0 atom stereocenters. The topological polar surface area (TPSA) is 75.0 Å². The van der Waals surface area contributed by atoms with E-state index < -0.39 is 0 Å². The lowest BCUT2D eigenvalue weighted by Gasteiger charge is -2.15. The molecule has 9 heteroatoms. The van der Waals surface area contributed by atoms with Gasteiger partial charge in [0.05, 0.1) is 11.4 Å². The highest BCUT2D eigenvalue weighted by atomic mass is 19.1. The average Bonchev–Trinajstić information content (AvgIpc) is 3.44. The van der Waals surface area contributed by atoms with Gasteiger partial charge in [-0.05, 0) is 61.9 Å². The fourth-order valence-electron chi connectivity index (χ4n) is 3.88. The molecule has 1 aromatic carbocycles. The van der Waals surface area contributed by atoms with Crippen molar-refractivity contribution in [3.63, 3.8) is 0 Å². The zero-order valence-corrected chi connectivity index (χ0v) is 18.5. The molecule has 0 amide bonds. The lowest BCUT2D eigenvalue weighted by molar-refractivity contribution is 0.441. The highest BCUT2D eigenvalue weighted by Gasteiger charge is 2.17. The molecule has 4 aromatic heterocycles. The van der Waals surface area contributed by atoms with E-state index in [1.165, 1.54) is 12.4 Å². The van der Waals surface area contributed by atoms with Gasteiger partial charge in [0, 0.05) is 24.0 Å². The van der Waals surface area contributed by atoms with E-state index in [9.17, 15) is 4.39 Å². The molecular weight excluding hydrogens is 416 g/mol. The van der Waals surface area contributed by atoms with Crippen molar-refractivity contribution in [3.8, 4) is 22.6 Å². The fraction of sp³-hybridized carbons (Fsp3) is 0.167. The molecule has 33 heavy (non-hydrogen) atoms. The Morgan fingerprint density at radius 3 is 2.82 bits per heavy atom. The number of pyridine rings is 2. The van der Waals surface area contributed by atoms with Crippen molar-refractivity contribution in [1.82, 2.24) is 34.4 Å². The second-order valence-corrected chi connectivity index (χ2v) is 8.17. The molecule has 0 spiro atoms. The van der Waals surface area contributed by atoms with Gasteiger partial charge in [-0.1, -0.05) is 18.2 Å². The summed E-state index contributed by atoms with van der Waals surface area (Å²) in [5, 5.41) is 4.26. The summed E-state index contributed by atoms with van der Waals surface area (Å²) >= 11 is 0. The van der Waals surface area contributed by atoms with E-state index in [2.05, 4.69) is 19.9 Å². The first-order valence-corrected chi connectivity index (χ1v) is 10.8. The number of fused-ring (bicyclic) bond motifs is 1. The van der Waals surface area contributed by atoms with Crippen molar-refractivity contribution >= 4 is 13.6 Å². The van der Waals surface area contributed by atoms with Crippen LogP contribution in [-0.2, 0) is 13.0 Å². The number of aromatic amines is 1. The van der Waals surface area contributed by atoms with Crippen LogP contribution in [0.1, 0.15) is 17.1 Å². The smallest absolute Gasteiger partial charge is 0.186 e. The standard InChI is InChI=1S/C24H23BFN7/c1-16-4-2-7-20(29-16)24-23(18-8-9-22-27-15-28-33(22)13-18)30-21(31-24)14-32(25)11-10-17-5-3-6-19(26)12-17/h2-9,12-13,15H,10-11,14,25H2,1H3,(H,30,31). The first-order chi connectivity index (χ1) is 16.0. The van der Waals surface area contributed by atoms with Gasteiger partial charge in [-0.15, -0.1) is 0 Å². The molecule has 1 N–H and O–H groups in total. The van der Waals surface area contributed by atoms with Crippen LogP contribution < -0.4 is 0 Å². The maximum atomic E-state index is 13.5. The summed E-state index contributed by atoms with van der Waals surface area (Å²) in [7, 11) is 2.04. The minimum absolute atomic E-state index is 0.203. The van der Waals surface area contributed by atoms with Crippen molar-refractivity contribution in [3.05, 3.63) is 90.0 Å². The van der Waals surface area contributed by atoms with Gasteiger partial charge in [0.25, 0.3) is 0 Å². The Morgan fingerprint density at radius 1 is 1.09 bits per heavy atom. The third-order valence-electron chi connectivity index (χ3n) is 5.54. The van der Waals surface area contributed by atoms with Crippen LogP contribution in [0.15, 0.2) is 67.1 Å². The number of aromatic nitrogens is 6. The molecule has 0 saturated heterocycles. The summed E-state index contributed by atoms with van der Waals surface area (Å²) in [4.78, 5) is 19.5. The predicted octanol–water partition coefficient (Wildman–Crippen LogP) is 3.22. The Labute approximate surface area is 191 Å². The van der Waals surface area contributed by atoms with E-state index in [0.717, 1.165) is 58.3 Å². The largest absolute Gasteiger partial charge is 0.342 e. The summed E-state index contributed by atoms with van der Waals surface area (Å²) in [6.45, 7) is 3.38. The van der Waals surface area contributed by atoms with Crippen LogP contribution in [0.2, 0.25) is 0 Å². The molecule has 7 nitrogen and oxygen atoms in total. The molecular formula is C24H23BFN7. The lowest BCUT2D eigenvalue weighted by Crippen LogP contribution is -2.23.